The number of aromatic amines is 1. The molecule has 1 aromatic rings. The second-order valence-corrected chi connectivity index (χ2v) is 5.93. The molecule has 0 radical (unpaired) electrons. The molecule has 0 saturated carbocycles. The number of nitrogens with zero attached hydrogens (tertiary/aromatic N) is 2. The van der Waals surface area contributed by atoms with Crippen LogP contribution in [-0.2, 0) is 10.2 Å². The maximum atomic E-state index is 12.0. The zero-order chi connectivity index (χ0) is 15.5. The van der Waals surface area contributed by atoms with Crippen molar-refractivity contribution in [2.24, 2.45) is 5.92 Å². The molecule has 1 amide bonds. The van der Waals surface area contributed by atoms with Crippen LogP contribution in [0.2, 0.25) is 0 Å². The van der Waals surface area contributed by atoms with Gasteiger partial charge in [-0.3, -0.25) is 9.89 Å². The third kappa shape index (κ3) is 3.79. The lowest BCUT2D eigenvalue weighted by Gasteiger charge is -2.19. The molecular formula is C13H22N4O3. The highest BCUT2D eigenvalue weighted by Crippen LogP contribution is 2.17. The van der Waals surface area contributed by atoms with Gasteiger partial charge in [-0.15, -0.1) is 5.10 Å². The summed E-state index contributed by atoms with van der Waals surface area (Å²) >= 11 is 0. The third-order valence-corrected chi connectivity index (χ3v) is 3.16. The monoisotopic (exact) mass is 282 g/mol. The van der Waals surface area contributed by atoms with Crippen LogP contribution >= 0.6 is 0 Å². The SMILES string of the molecule is CCC(C)C(NC(=O)c1n[nH]c(C(C)(C)C)n1)C(=O)O. The Morgan fingerprint density at radius 3 is 2.40 bits per heavy atom. The summed E-state index contributed by atoms with van der Waals surface area (Å²) in [4.78, 5) is 27.3. The topological polar surface area (TPSA) is 108 Å². The molecule has 1 aromatic heterocycles. The summed E-state index contributed by atoms with van der Waals surface area (Å²) < 4.78 is 0. The molecule has 20 heavy (non-hydrogen) atoms. The first kappa shape index (κ1) is 16.1. The van der Waals surface area contributed by atoms with Crippen molar-refractivity contribution < 1.29 is 14.7 Å². The van der Waals surface area contributed by atoms with Gasteiger partial charge in [0.05, 0.1) is 0 Å². The van der Waals surface area contributed by atoms with Gasteiger partial charge in [0.1, 0.15) is 11.9 Å². The summed E-state index contributed by atoms with van der Waals surface area (Å²) in [5, 5.41) is 18.1. The number of amides is 1. The number of carbonyl (C=O) groups is 2. The Hall–Kier alpha value is -1.92. The minimum absolute atomic E-state index is 0.0375. The van der Waals surface area contributed by atoms with Gasteiger partial charge in [0.2, 0.25) is 5.82 Å². The van der Waals surface area contributed by atoms with E-state index in [0.29, 0.717) is 12.2 Å². The Balaban J connectivity index is 2.85. The minimum Gasteiger partial charge on any atom is -0.480 e. The number of hydrogen-bond acceptors (Lipinski definition) is 4. The van der Waals surface area contributed by atoms with Crippen molar-refractivity contribution in [3.8, 4) is 0 Å². The van der Waals surface area contributed by atoms with Gasteiger partial charge < -0.3 is 10.4 Å². The van der Waals surface area contributed by atoms with Gasteiger partial charge in [0.15, 0.2) is 0 Å². The molecule has 2 atom stereocenters. The zero-order valence-corrected chi connectivity index (χ0v) is 12.5. The molecule has 0 aliphatic carbocycles. The number of rotatable bonds is 5. The highest BCUT2D eigenvalue weighted by Gasteiger charge is 2.28. The maximum Gasteiger partial charge on any atom is 0.326 e. The lowest BCUT2D eigenvalue weighted by atomic mass is 9.96. The van der Waals surface area contributed by atoms with Gasteiger partial charge in [-0.25, -0.2) is 9.78 Å². The second-order valence-electron chi connectivity index (χ2n) is 5.93. The van der Waals surface area contributed by atoms with Gasteiger partial charge in [0.25, 0.3) is 5.91 Å². The van der Waals surface area contributed by atoms with Crippen molar-refractivity contribution in [3.05, 3.63) is 11.6 Å². The molecule has 7 nitrogen and oxygen atoms in total. The van der Waals surface area contributed by atoms with E-state index in [0.717, 1.165) is 0 Å². The Kier molecular flexibility index (Phi) is 4.86. The fourth-order valence-corrected chi connectivity index (χ4v) is 1.59. The largest absolute Gasteiger partial charge is 0.480 e. The Labute approximate surface area is 118 Å². The molecule has 0 spiro atoms. The summed E-state index contributed by atoms with van der Waals surface area (Å²) in [7, 11) is 0. The molecule has 2 unspecified atom stereocenters. The Bertz CT molecular complexity index is 490. The summed E-state index contributed by atoms with van der Waals surface area (Å²) in [6.45, 7) is 9.46. The summed E-state index contributed by atoms with van der Waals surface area (Å²) in [5.74, 6) is -1.26. The van der Waals surface area contributed by atoms with Gasteiger partial charge in [-0.2, -0.15) is 0 Å². The van der Waals surface area contributed by atoms with Gasteiger partial charge >= 0.3 is 5.97 Å². The van der Waals surface area contributed by atoms with E-state index in [9.17, 15) is 9.59 Å². The van der Waals surface area contributed by atoms with Crippen LogP contribution in [0.25, 0.3) is 0 Å². The van der Waals surface area contributed by atoms with Gasteiger partial charge in [-0.1, -0.05) is 41.0 Å². The fraction of sp³-hybridized carbons (Fsp3) is 0.692. The van der Waals surface area contributed by atoms with E-state index in [2.05, 4.69) is 20.5 Å². The molecule has 3 N–H and O–H groups in total. The summed E-state index contributed by atoms with van der Waals surface area (Å²) in [5.41, 5.74) is -0.256. The summed E-state index contributed by atoms with van der Waals surface area (Å²) in [6, 6.07) is -0.941. The quantitative estimate of drug-likeness (QED) is 0.755. The van der Waals surface area contributed by atoms with E-state index in [1.165, 1.54) is 0 Å². The van der Waals surface area contributed by atoms with Crippen molar-refractivity contribution in [1.29, 1.82) is 0 Å². The van der Waals surface area contributed by atoms with Crippen LogP contribution < -0.4 is 5.32 Å². The lowest BCUT2D eigenvalue weighted by molar-refractivity contribution is -0.140. The molecule has 0 saturated heterocycles. The predicted molar refractivity (Wildman–Crippen MR) is 73.4 cm³/mol. The first-order chi connectivity index (χ1) is 9.16. The molecular weight excluding hydrogens is 260 g/mol. The van der Waals surface area contributed by atoms with E-state index in [1.807, 2.05) is 27.7 Å². The Morgan fingerprint density at radius 1 is 1.40 bits per heavy atom. The van der Waals surface area contributed by atoms with Crippen molar-refractivity contribution in [2.75, 3.05) is 0 Å². The van der Waals surface area contributed by atoms with E-state index in [4.69, 9.17) is 5.11 Å². The molecule has 0 fully saturated rings. The number of nitrogens with one attached hydrogen (secondary N) is 2. The zero-order valence-electron chi connectivity index (χ0n) is 12.5. The number of carbonyl (C=O) groups excluding carboxylic acids is 1. The number of carboxylic acids is 1. The number of H-pyrrole nitrogens is 1. The Morgan fingerprint density at radius 2 is 2.00 bits per heavy atom. The highest BCUT2D eigenvalue weighted by molar-refractivity contribution is 5.93. The molecule has 0 aromatic carbocycles. The van der Waals surface area contributed by atoms with E-state index in [1.54, 1.807) is 6.92 Å². The van der Waals surface area contributed by atoms with Crippen molar-refractivity contribution in [2.45, 2.75) is 52.5 Å². The van der Waals surface area contributed by atoms with Crippen LogP contribution in [0.15, 0.2) is 0 Å². The van der Waals surface area contributed by atoms with Crippen LogP contribution in [0.5, 0.6) is 0 Å². The molecule has 0 aliphatic heterocycles. The highest BCUT2D eigenvalue weighted by atomic mass is 16.4. The number of hydrogen-bond donors (Lipinski definition) is 3. The first-order valence-electron chi connectivity index (χ1n) is 6.63. The predicted octanol–water partition coefficient (Wildman–Crippen LogP) is 1.33. The van der Waals surface area contributed by atoms with Crippen molar-refractivity contribution in [1.82, 2.24) is 20.5 Å². The van der Waals surface area contributed by atoms with Crippen LogP contribution in [0.1, 0.15) is 57.5 Å². The third-order valence-electron chi connectivity index (χ3n) is 3.16. The molecule has 1 heterocycles. The molecule has 0 aliphatic rings. The fourth-order valence-electron chi connectivity index (χ4n) is 1.59. The molecule has 112 valence electrons. The molecule has 1 rings (SSSR count). The number of aromatic nitrogens is 3. The van der Waals surface area contributed by atoms with E-state index < -0.39 is 17.9 Å². The number of carboxylic acid groups (broad SMARTS) is 1. The van der Waals surface area contributed by atoms with E-state index in [-0.39, 0.29) is 17.2 Å². The van der Waals surface area contributed by atoms with Crippen LogP contribution in [-0.4, -0.2) is 38.2 Å². The molecule has 7 heteroatoms. The van der Waals surface area contributed by atoms with Crippen LogP contribution in [0.4, 0.5) is 0 Å². The van der Waals surface area contributed by atoms with Gasteiger partial charge in [0, 0.05) is 5.41 Å². The standard InChI is InChI=1S/C13H22N4O3/c1-6-7(2)8(11(19)20)14-10(18)9-15-12(17-16-9)13(3,4)5/h7-8H,6H2,1-5H3,(H,14,18)(H,19,20)(H,15,16,17). The minimum atomic E-state index is -1.06. The summed E-state index contributed by atoms with van der Waals surface area (Å²) in [6.07, 6.45) is 0.651. The number of aliphatic carboxylic acids is 1. The maximum absolute atomic E-state index is 12.0. The normalized spacial score (nSPS) is 14.7. The smallest absolute Gasteiger partial charge is 0.326 e. The van der Waals surface area contributed by atoms with Crippen molar-refractivity contribution >= 4 is 11.9 Å². The lowest BCUT2D eigenvalue weighted by Crippen LogP contribution is -2.45. The average molecular weight is 282 g/mol. The second kappa shape index (κ2) is 6.02. The van der Waals surface area contributed by atoms with Crippen LogP contribution in [0, 0.1) is 5.92 Å². The first-order valence-corrected chi connectivity index (χ1v) is 6.63. The average Bonchev–Trinajstić information content (AvgIpc) is 2.83. The van der Waals surface area contributed by atoms with E-state index >= 15 is 0 Å². The van der Waals surface area contributed by atoms with Gasteiger partial charge in [-0.05, 0) is 5.92 Å². The van der Waals surface area contributed by atoms with Crippen LogP contribution in [0.3, 0.4) is 0 Å². The molecule has 0 bridgehead atoms. The van der Waals surface area contributed by atoms with Crippen molar-refractivity contribution in [3.63, 3.8) is 0 Å².